The summed E-state index contributed by atoms with van der Waals surface area (Å²) in [7, 11) is 0. The number of aryl methyl sites for hydroxylation is 2. The molecule has 0 unspecified atom stereocenters. The maximum absolute atomic E-state index is 5.93. The lowest BCUT2D eigenvalue weighted by Gasteiger charge is -2.30. The first kappa shape index (κ1) is 12.6. The fraction of sp³-hybridized carbons (Fsp3) is 0.692. The second-order valence-electron chi connectivity index (χ2n) is 4.74. The zero-order valence-corrected chi connectivity index (χ0v) is 11.4. The van der Waals surface area contributed by atoms with Crippen molar-refractivity contribution in [2.24, 2.45) is 0 Å². The molecular formula is C13H20ClN3. The van der Waals surface area contributed by atoms with Crippen LogP contribution in [0.2, 0.25) is 0 Å². The Morgan fingerprint density at radius 1 is 1.35 bits per heavy atom. The molecule has 94 valence electrons. The summed E-state index contributed by atoms with van der Waals surface area (Å²) in [6, 6.07) is 0.601. The molecule has 0 bridgehead atoms. The van der Waals surface area contributed by atoms with Gasteiger partial charge in [0, 0.05) is 24.7 Å². The highest BCUT2D eigenvalue weighted by Gasteiger charge is 2.24. The molecule has 1 aromatic rings. The van der Waals surface area contributed by atoms with Gasteiger partial charge in [-0.2, -0.15) is 0 Å². The van der Waals surface area contributed by atoms with Gasteiger partial charge in [-0.05, 0) is 26.7 Å². The van der Waals surface area contributed by atoms with Gasteiger partial charge in [0.2, 0.25) is 0 Å². The minimum absolute atomic E-state index is 0.601. The van der Waals surface area contributed by atoms with Crippen LogP contribution in [0.5, 0.6) is 0 Å². The summed E-state index contributed by atoms with van der Waals surface area (Å²) in [6.45, 7) is 4.88. The van der Waals surface area contributed by atoms with E-state index in [1.165, 1.54) is 25.7 Å². The van der Waals surface area contributed by atoms with Crippen molar-refractivity contribution in [1.82, 2.24) is 9.97 Å². The summed E-state index contributed by atoms with van der Waals surface area (Å²) >= 11 is 5.93. The molecule has 1 saturated carbocycles. The van der Waals surface area contributed by atoms with E-state index >= 15 is 0 Å². The second kappa shape index (κ2) is 5.67. The van der Waals surface area contributed by atoms with Gasteiger partial charge < -0.3 is 4.90 Å². The van der Waals surface area contributed by atoms with Crippen molar-refractivity contribution in [3.05, 3.63) is 17.6 Å². The van der Waals surface area contributed by atoms with Crippen LogP contribution in [0.25, 0.3) is 0 Å². The molecule has 0 saturated heterocycles. The summed E-state index contributed by atoms with van der Waals surface area (Å²) in [4.78, 5) is 11.4. The molecule has 2 rings (SSSR count). The van der Waals surface area contributed by atoms with Crippen LogP contribution in [0.3, 0.4) is 0 Å². The number of alkyl halides is 1. The lowest BCUT2D eigenvalue weighted by molar-refractivity contribution is 0.610. The molecular weight excluding hydrogens is 234 g/mol. The number of anilines is 1. The second-order valence-corrected chi connectivity index (χ2v) is 5.12. The van der Waals surface area contributed by atoms with Crippen molar-refractivity contribution in [3.63, 3.8) is 0 Å². The third kappa shape index (κ3) is 2.89. The standard InChI is InChI=1S/C13H20ClN3/c1-10-9-15-11(2)13(16-10)17(8-7-14)12-5-3-4-6-12/h9,12H,3-8H2,1-2H3. The average Bonchev–Trinajstić information content (AvgIpc) is 2.83. The van der Waals surface area contributed by atoms with Crippen molar-refractivity contribution in [2.75, 3.05) is 17.3 Å². The van der Waals surface area contributed by atoms with Crippen LogP contribution in [0.1, 0.15) is 37.1 Å². The SMILES string of the molecule is Cc1cnc(C)c(N(CCCl)C2CCCC2)n1. The fourth-order valence-corrected chi connectivity index (χ4v) is 2.75. The Balaban J connectivity index is 2.27. The molecule has 4 heteroatoms. The molecule has 1 heterocycles. The van der Waals surface area contributed by atoms with Crippen LogP contribution in [0.4, 0.5) is 5.82 Å². The Morgan fingerprint density at radius 2 is 2.06 bits per heavy atom. The van der Waals surface area contributed by atoms with Crippen LogP contribution < -0.4 is 4.90 Å². The number of halogens is 1. The quantitative estimate of drug-likeness (QED) is 0.773. The Bertz CT molecular complexity index is 375. The molecule has 17 heavy (non-hydrogen) atoms. The van der Waals surface area contributed by atoms with E-state index in [0.29, 0.717) is 11.9 Å². The van der Waals surface area contributed by atoms with Gasteiger partial charge in [-0.3, -0.25) is 4.98 Å². The van der Waals surface area contributed by atoms with Crippen molar-refractivity contribution < 1.29 is 0 Å². The highest BCUT2D eigenvalue weighted by molar-refractivity contribution is 6.18. The number of hydrogen-bond acceptors (Lipinski definition) is 3. The third-order valence-corrected chi connectivity index (χ3v) is 3.58. The Hall–Kier alpha value is -0.830. The molecule has 1 aliphatic carbocycles. The predicted octanol–water partition coefficient (Wildman–Crippen LogP) is 3.08. The maximum atomic E-state index is 5.93. The zero-order chi connectivity index (χ0) is 12.3. The number of aromatic nitrogens is 2. The molecule has 0 N–H and O–H groups in total. The Kier molecular flexibility index (Phi) is 4.21. The minimum Gasteiger partial charge on any atom is -0.351 e. The van der Waals surface area contributed by atoms with E-state index in [1.54, 1.807) is 0 Å². The van der Waals surface area contributed by atoms with E-state index in [2.05, 4.69) is 14.9 Å². The molecule has 0 aromatic carbocycles. The number of hydrogen-bond donors (Lipinski definition) is 0. The highest BCUT2D eigenvalue weighted by Crippen LogP contribution is 2.28. The van der Waals surface area contributed by atoms with E-state index in [-0.39, 0.29) is 0 Å². The molecule has 0 spiro atoms. The predicted molar refractivity (Wildman–Crippen MR) is 71.8 cm³/mol. The Labute approximate surface area is 108 Å². The fourth-order valence-electron chi connectivity index (χ4n) is 2.57. The van der Waals surface area contributed by atoms with E-state index in [9.17, 15) is 0 Å². The molecule has 1 aliphatic rings. The van der Waals surface area contributed by atoms with Gasteiger partial charge in [0.05, 0.1) is 11.4 Å². The Morgan fingerprint density at radius 3 is 2.71 bits per heavy atom. The monoisotopic (exact) mass is 253 g/mol. The van der Waals surface area contributed by atoms with Gasteiger partial charge in [-0.15, -0.1) is 11.6 Å². The van der Waals surface area contributed by atoms with Crippen LogP contribution in [0, 0.1) is 13.8 Å². The minimum atomic E-state index is 0.601. The molecule has 0 atom stereocenters. The lowest BCUT2D eigenvalue weighted by atomic mass is 10.2. The first-order valence-electron chi connectivity index (χ1n) is 6.35. The van der Waals surface area contributed by atoms with E-state index in [4.69, 9.17) is 11.6 Å². The van der Waals surface area contributed by atoms with E-state index in [1.807, 2.05) is 20.0 Å². The van der Waals surface area contributed by atoms with Crippen LogP contribution in [-0.4, -0.2) is 28.4 Å². The van der Waals surface area contributed by atoms with Gasteiger partial charge in [0.25, 0.3) is 0 Å². The van der Waals surface area contributed by atoms with Crippen molar-refractivity contribution in [1.29, 1.82) is 0 Å². The molecule has 1 fully saturated rings. The number of rotatable bonds is 4. The van der Waals surface area contributed by atoms with Crippen molar-refractivity contribution in [3.8, 4) is 0 Å². The molecule has 1 aromatic heterocycles. The van der Waals surface area contributed by atoms with Crippen molar-refractivity contribution in [2.45, 2.75) is 45.6 Å². The van der Waals surface area contributed by atoms with Crippen LogP contribution in [-0.2, 0) is 0 Å². The van der Waals surface area contributed by atoms with Gasteiger partial charge in [0.15, 0.2) is 5.82 Å². The molecule has 0 radical (unpaired) electrons. The smallest absolute Gasteiger partial charge is 0.150 e. The van der Waals surface area contributed by atoms with Gasteiger partial charge in [0.1, 0.15) is 0 Å². The first-order valence-corrected chi connectivity index (χ1v) is 6.88. The summed E-state index contributed by atoms with van der Waals surface area (Å²) < 4.78 is 0. The largest absolute Gasteiger partial charge is 0.351 e. The van der Waals surface area contributed by atoms with Crippen LogP contribution >= 0.6 is 11.6 Å². The van der Waals surface area contributed by atoms with E-state index in [0.717, 1.165) is 23.8 Å². The topological polar surface area (TPSA) is 29.0 Å². The summed E-state index contributed by atoms with van der Waals surface area (Å²) in [5, 5.41) is 0. The zero-order valence-electron chi connectivity index (χ0n) is 10.6. The van der Waals surface area contributed by atoms with E-state index < -0.39 is 0 Å². The average molecular weight is 254 g/mol. The normalized spacial score (nSPS) is 16.4. The summed E-state index contributed by atoms with van der Waals surface area (Å²) in [6.07, 6.45) is 6.98. The first-order chi connectivity index (χ1) is 8.22. The highest BCUT2D eigenvalue weighted by atomic mass is 35.5. The maximum Gasteiger partial charge on any atom is 0.150 e. The van der Waals surface area contributed by atoms with Gasteiger partial charge in [-0.1, -0.05) is 12.8 Å². The van der Waals surface area contributed by atoms with Gasteiger partial charge in [-0.25, -0.2) is 4.98 Å². The molecule has 3 nitrogen and oxygen atoms in total. The van der Waals surface area contributed by atoms with Gasteiger partial charge >= 0.3 is 0 Å². The summed E-state index contributed by atoms with van der Waals surface area (Å²) in [5.74, 6) is 1.67. The number of nitrogens with zero attached hydrogens (tertiary/aromatic N) is 3. The van der Waals surface area contributed by atoms with Crippen molar-refractivity contribution >= 4 is 17.4 Å². The third-order valence-electron chi connectivity index (χ3n) is 3.41. The molecule has 0 aliphatic heterocycles. The molecule has 0 amide bonds. The van der Waals surface area contributed by atoms with Crippen LogP contribution in [0.15, 0.2) is 6.20 Å². The lowest BCUT2D eigenvalue weighted by Crippen LogP contribution is -2.36. The summed E-state index contributed by atoms with van der Waals surface area (Å²) in [5.41, 5.74) is 1.98.